The monoisotopic (exact) mass is 286 g/mol. The van der Waals surface area contributed by atoms with E-state index in [1.54, 1.807) is 6.08 Å². The topological polar surface area (TPSA) is 74.6 Å². The SMILES string of the molecule is CCCC(C=Cc1ccccc1)=C(C=CC(=O)O)C(=O)O. The van der Waals surface area contributed by atoms with Gasteiger partial charge in [-0.15, -0.1) is 0 Å². The van der Waals surface area contributed by atoms with Crippen LogP contribution in [0.15, 0.2) is 59.7 Å². The van der Waals surface area contributed by atoms with E-state index in [0.717, 1.165) is 24.1 Å². The molecule has 4 nitrogen and oxygen atoms in total. The molecule has 0 saturated carbocycles. The Bertz CT molecular complexity index is 580. The van der Waals surface area contributed by atoms with Crippen LogP contribution >= 0.6 is 0 Å². The highest BCUT2D eigenvalue weighted by Gasteiger charge is 2.09. The van der Waals surface area contributed by atoms with Crippen LogP contribution < -0.4 is 0 Å². The average Bonchev–Trinajstić information content (AvgIpc) is 2.45. The zero-order valence-electron chi connectivity index (χ0n) is 11.8. The van der Waals surface area contributed by atoms with Crippen LogP contribution in [0.5, 0.6) is 0 Å². The second-order valence-corrected chi connectivity index (χ2v) is 4.41. The minimum Gasteiger partial charge on any atom is -0.478 e. The number of benzene rings is 1. The molecule has 0 unspecified atom stereocenters. The van der Waals surface area contributed by atoms with Crippen LogP contribution in [0.1, 0.15) is 25.3 Å². The van der Waals surface area contributed by atoms with Crippen molar-refractivity contribution >= 4 is 18.0 Å². The molecule has 0 bridgehead atoms. The molecule has 2 N–H and O–H groups in total. The van der Waals surface area contributed by atoms with Gasteiger partial charge in [0.05, 0.1) is 5.57 Å². The van der Waals surface area contributed by atoms with Crippen molar-refractivity contribution in [3.63, 3.8) is 0 Å². The first-order chi connectivity index (χ1) is 10.0. The zero-order valence-corrected chi connectivity index (χ0v) is 11.8. The number of carbonyl (C=O) groups is 2. The smallest absolute Gasteiger partial charge is 0.335 e. The first-order valence-electron chi connectivity index (χ1n) is 6.65. The lowest BCUT2D eigenvalue weighted by Crippen LogP contribution is -2.02. The summed E-state index contributed by atoms with van der Waals surface area (Å²) in [4.78, 5) is 21.9. The summed E-state index contributed by atoms with van der Waals surface area (Å²) in [5, 5.41) is 17.9. The third-order valence-electron chi connectivity index (χ3n) is 2.76. The summed E-state index contributed by atoms with van der Waals surface area (Å²) in [5.74, 6) is -2.30. The second-order valence-electron chi connectivity index (χ2n) is 4.41. The molecule has 4 heteroatoms. The maximum Gasteiger partial charge on any atom is 0.335 e. The molecule has 0 atom stereocenters. The van der Waals surface area contributed by atoms with Gasteiger partial charge in [0.25, 0.3) is 0 Å². The minimum absolute atomic E-state index is 0.00595. The Kier molecular flexibility index (Phi) is 6.68. The van der Waals surface area contributed by atoms with E-state index < -0.39 is 11.9 Å². The van der Waals surface area contributed by atoms with Crippen LogP contribution in [0, 0.1) is 0 Å². The summed E-state index contributed by atoms with van der Waals surface area (Å²) in [6.45, 7) is 1.94. The highest BCUT2D eigenvalue weighted by molar-refractivity contribution is 5.93. The van der Waals surface area contributed by atoms with Crippen molar-refractivity contribution in [2.24, 2.45) is 0 Å². The van der Waals surface area contributed by atoms with Gasteiger partial charge < -0.3 is 10.2 Å². The molecule has 0 radical (unpaired) electrons. The molecule has 0 spiro atoms. The Balaban J connectivity index is 3.16. The molecule has 21 heavy (non-hydrogen) atoms. The second kappa shape index (κ2) is 8.53. The Morgan fingerprint density at radius 2 is 1.71 bits per heavy atom. The Hall–Kier alpha value is -2.62. The molecule has 0 fully saturated rings. The van der Waals surface area contributed by atoms with Crippen molar-refractivity contribution in [2.45, 2.75) is 19.8 Å². The van der Waals surface area contributed by atoms with Crippen LogP contribution in [0.3, 0.4) is 0 Å². The van der Waals surface area contributed by atoms with E-state index in [9.17, 15) is 14.7 Å². The lowest BCUT2D eigenvalue weighted by molar-refractivity contribution is -0.132. The molecule has 1 aromatic rings. The third-order valence-corrected chi connectivity index (χ3v) is 2.76. The van der Waals surface area contributed by atoms with Crippen molar-refractivity contribution in [2.75, 3.05) is 0 Å². The Morgan fingerprint density at radius 1 is 1.05 bits per heavy atom. The largest absolute Gasteiger partial charge is 0.478 e. The standard InChI is InChI=1S/C17H18O4/c1-2-6-14(10-9-13-7-4-3-5-8-13)15(17(20)21)11-12-16(18)19/h3-5,7-12H,2,6H2,1H3,(H,18,19)(H,20,21). The number of allylic oxidation sites excluding steroid dienone is 2. The first-order valence-corrected chi connectivity index (χ1v) is 6.65. The number of carboxylic acid groups (broad SMARTS) is 2. The van der Waals surface area contributed by atoms with Crippen molar-refractivity contribution in [1.82, 2.24) is 0 Å². The lowest BCUT2D eigenvalue weighted by atomic mass is 10.0. The van der Waals surface area contributed by atoms with Crippen LogP contribution in [-0.2, 0) is 9.59 Å². The van der Waals surface area contributed by atoms with Crippen LogP contribution in [0.25, 0.3) is 6.08 Å². The Labute approximate surface area is 123 Å². The normalized spacial score (nSPS) is 12.6. The summed E-state index contributed by atoms with van der Waals surface area (Å²) >= 11 is 0. The molecular weight excluding hydrogens is 268 g/mol. The van der Waals surface area contributed by atoms with E-state index >= 15 is 0 Å². The van der Waals surface area contributed by atoms with Crippen LogP contribution in [-0.4, -0.2) is 22.2 Å². The van der Waals surface area contributed by atoms with Crippen LogP contribution in [0.4, 0.5) is 0 Å². The van der Waals surface area contributed by atoms with Gasteiger partial charge in [0.2, 0.25) is 0 Å². The predicted octanol–water partition coefficient (Wildman–Crippen LogP) is 3.52. The molecule has 110 valence electrons. The first kappa shape index (κ1) is 16.4. The minimum atomic E-state index is -1.17. The van der Waals surface area contributed by atoms with Crippen molar-refractivity contribution < 1.29 is 19.8 Å². The van der Waals surface area contributed by atoms with E-state index in [1.807, 2.05) is 43.3 Å². The number of carboxylic acids is 2. The Morgan fingerprint density at radius 3 is 2.24 bits per heavy atom. The van der Waals surface area contributed by atoms with Gasteiger partial charge in [0.1, 0.15) is 0 Å². The van der Waals surface area contributed by atoms with Gasteiger partial charge in [-0.2, -0.15) is 0 Å². The maximum atomic E-state index is 11.3. The van der Waals surface area contributed by atoms with E-state index in [4.69, 9.17) is 5.11 Å². The highest BCUT2D eigenvalue weighted by Crippen LogP contribution is 2.17. The van der Waals surface area contributed by atoms with Gasteiger partial charge in [-0.3, -0.25) is 0 Å². The zero-order chi connectivity index (χ0) is 15.7. The molecule has 0 aliphatic heterocycles. The van der Waals surface area contributed by atoms with Gasteiger partial charge >= 0.3 is 11.9 Å². The maximum absolute atomic E-state index is 11.3. The highest BCUT2D eigenvalue weighted by atomic mass is 16.4. The number of hydrogen-bond acceptors (Lipinski definition) is 2. The van der Waals surface area contributed by atoms with Gasteiger partial charge in [-0.25, -0.2) is 9.59 Å². The van der Waals surface area contributed by atoms with Crippen molar-refractivity contribution in [3.8, 4) is 0 Å². The fraction of sp³-hybridized carbons (Fsp3) is 0.176. The molecule has 1 aromatic carbocycles. The molecule has 0 amide bonds. The fourth-order valence-corrected chi connectivity index (χ4v) is 1.81. The molecule has 1 rings (SSSR count). The molecule has 0 saturated heterocycles. The third kappa shape index (κ3) is 5.91. The summed E-state index contributed by atoms with van der Waals surface area (Å²) in [7, 11) is 0. The predicted molar refractivity (Wildman–Crippen MR) is 81.8 cm³/mol. The van der Waals surface area contributed by atoms with Gasteiger partial charge in [-0.1, -0.05) is 55.8 Å². The van der Waals surface area contributed by atoms with Crippen molar-refractivity contribution in [3.05, 3.63) is 65.3 Å². The lowest BCUT2D eigenvalue weighted by Gasteiger charge is -2.04. The quantitative estimate of drug-likeness (QED) is 0.594. The molecule has 0 aliphatic rings. The van der Waals surface area contributed by atoms with Gasteiger partial charge in [-0.05, 0) is 23.6 Å². The number of rotatable bonds is 7. The molecule has 0 heterocycles. The number of hydrogen-bond donors (Lipinski definition) is 2. The van der Waals surface area contributed by atoms with E-state index in [1.165, 1.54) is 0 Å². The molecule has 0 aliphatic carbocycles. The van der Waals surface area contributed by atoms with E-state index in [2.05, 4.69) is 0 Å². The van der Waals surface area contributed by atoms with E-state index in [-0.39, 0.29) is 5.57 Å². The van der Waals surface area contributed by atoms with Gasteiger partial charge in [0.15, 0.2) is 0 Å². The van der Waals surface area contributed by atoms with Gasteiger partial charge in [0, 0.05) is 6.08 Å². The molecule has 0 aromatic heterocycles. The van der Waals surface area contributed by atoms with Crippen molar-refractivity contribution in [1.29, 1.82) is 0 Å². The van der Waals surface area contributed by atoms with E-state index in [0.29, 0.717) is 12.0 Å². The summed E-state index contributed by atoms with van der Waals surface area (Å²) in [5.41, 5.74) is 1.57. The summed E-state index contributed by atoms with van der Waals surface area (Å²) in [6, 6.07) is 9.51. The summed E-state index contributed by atoms with van der Waals surface area (Å²) in [6.07, 6.45) is 6.86. The average molecular weight is 286 g/mol. The summed E-state index contributed by atoms with van der Waals surface area (Å²) < 4.78 is 0. The molecular formula is C17H18O4. The number of aliphatic carboxylic acids is 2. The fourth-order valence-electron chi connectivity index (χ4n) is 1.81. The van der Waals surface area contributed by atoms with Crippen LogP contribution in [0.2, 0.25) is 0 Å².